The summed E-state index contributed by atoms with van der Waals surface area (Å²) in [6.45, 7) is 1.37. The van der Waals surface area contributed by atoms with Gasteiger partial charge in [0.2, 0.25) is 10.0 Å². The number of aliphatic hydroxyl groups is 1. The van der Waals surface area contributed by atoms with Crippen molar-refractivity contribution < 1.29 is 13.5 Å². The molecule has 130 valence electrons. The summed E-state index contributed by atoms with van der Waals surface area (Å²) >= 11 is 11.8. The molecule has 0 amide bonds. The highest BCUT2D eigenvalue weighted by atomic mass is 35.5. The van der Waals surface area contributed by atoms with Crippen LogP contribution in [0.1, 0.15) is 5.56 Å². The number of aryl methyl sites for hydroxylation is 1. The van der Waals surface area contributed by atoms with Crippen LogP contribution in [0.5, 0.6) is 0 Å². The molecule has 2 N–H and O–H groups in total. The van der Waals surface area contributed by atoms with Gasteiger partial charge in [-0.1, -0.05) is 29.3 Å². The Bertz CT molecular complexity index is 897. The lowest BCUT2D eigenvalue weighted by molar-refractivity contribution is 0.156. The summed E-state index contributed by atoms with van der Waals surface area (Å²) in [4.78, 5) is 11.5. The molecule has 6 nitrogen and oxygen atoms in total. The third kappa shape index (κ3) is 4.58. The number of halogens is 2. The van der Waals surface area contributed by atoms with Crippen LogP contribution in [-0.4, -0.2) is 30.7 Å². The van der Waals surface area contributed by atoms with Gasteiger partial charge in [-0.25, -0.2) is 13.1 Å². The summed E-state index contributed by atoms with van der Waals surface area (Å²) < 4.78 is 28.2. The second kappa shape index (κ2) is 7.67. The minimum absolute atomic E-state index is 0.00753. The first-order valence-electron chi connectivity index (χ1n) is 6.99. The maximum atomic E-state index is 12.3. The quantitative estimate of drug-likeness (QED) is 0.786. The summed E-state index contributed by atoms with van der Waals surface area (Å²) in [5.41, 5.74) is 0.286. The molecule has 0 bridgehead atoms. The number of nitrogens with zero attached hydrogens (tertiary/aromatic N) is 1. The maximum absolute atomic E-state index is 12.3. The Morgan fingerprint density at radius 1 is 1.25 bits per heavy atom. The van der Waals surface area contributed by atoms with Crippen molar-refractivity contribution in [3.05, 3.63) is 62.5 Å². The smallest absolute Gasteiger partial charge is 0.250 e. The highest BCUT2D eigenvalue weighted by molar-refractivity contribution is 7.89. The maximum Gasteiger partial charge on any atom is 0.250 e. The van der Waals surface area contributed by atoms with Crippen LogP contribution in [0.3, 0.4) is 0 Å². The number of hydrogen-bond acceptors (Lipinski definition) is 4. The van der Waals surface area contributed by atoms with Gasteiger partial charge in [-0.15, -0.1) is 0 Å². The van der Waals surface area contributed by atoms with Gasteiger partial charge in [0.05, 0.1) is 17.7 Å². The first-order valence-corrected chi connectivity index (χ1v) is 9.23. The number of benzene rings is 1. The van der Waals surface area contributed by atoms with Gasteiger partial charge < -0.3 is 9.67 Å². The van der Waals surface area contributed by atoms with E-state index in [2.05, 4.69) is 4.72 Å². The zero-order valence-electron chi connectivity index (χ0n) is 12.7. The zero-order valence-corrected chi connectivity index (χ0v) is 15.1. The van der Waals surface area contributed by atoms with E-state index >= 15 is 0 Å². The van der Waals surface area contributed by atoms with Crippen molar-refractivity contribution in [1.82, 2.24) is 9.29 Å². The summed E-state index contributed by atoms with van der Waals surface area (Å²) in [6, 6.07) is 7.30. The Hall–Kier alpha value is -1.38. The second-order valence-corrected chi connectivity index (χ2v) is 7.78. The topological polar surface area (TPSA) is 88.4 Å². The molecule has 0 aliphatic heterocycles. The predicted molar refractivity (Wildman–Crippen MR) is 93.1 cm³/mol. The van der Waals surface area contributed by atoms with E-state index < -0.39 is 16.1 Å². The fourth-order valence-electron chi connectivity index (χ4n) is 2.02. The Kier molecular flexibility index (Phi) is 6.06. The average molecular weight is 391 g/mol. The highest BCUT2D eigenvalue weighted by Gasteiger charge is 2.20. The van der Waals surface area contributed by atoms with Crippen LogP contribution in [0, 0.1) is 6.92 Å². The molecule has 2 aromatic rings. The predicted octanol–water partition coefficient (Wildman–Crippen LogP) is 1.80. The Morgan fingerprint density at radius 2 is 1.96 bits per heavy atom. The van der Waals surface area contributed by atoms with Crippen LogP contribution in [-0.2, 0) is 16.6 Å². The van der Waals surface area contributed by atoms with Gasteiger partial charge in [0.1, 0.15) is 4.90 Å². The second-order valence-electron chi connectivity index (χ2n) is 5.23. The molecule has 1 aromatic heterocycles. The number of aromatic nitrogens is 1. The summed E-state index contributed by atoms with van der Waals surface area (Å²) in [5, 5.41) is 10.3. The molecule has 0 spiro atoms. The Balaban J connectivity index is 2.09. The summed E-state index contributed by atoms with van der Waals surface area (Å²) in [5.74, 6) is 0. The van der Waals surface area contributed by atoms with Gasteiger partial charge in [0.25, 0.3) is 5.56 Å². The lowest BCUT2D eigenvalue weighted by Gasteiger charge is -2.14. The Morgan fingerprint density at radius 3 is 2.62 bits per heavy atom. The van der Waals surface area contributed by atoms with Gasteiger partial charge in [-0.3, -0.25) is 4.79 Å². The molecule has 24 heavy (non-hydrogen) atoms. The van der Waals surface area contributed by atoms with Crippen molar-refractivity contribution in [2.45, 2.75) is 24.5 Å². The molecule has 1 aromatic carbocycles. The van der Waals surface area contributed by atoms with Crippen LogP contribution < -0.4 is 10.3 Å². The zero-order chi connectivity index (χ0) is 17.9. The summed E-state index contributed by atoms with van der Waals surface area (Å²) in [7, 11) is -3.92. The molecule has 0 aliphatic rings. The molecule has 0 radical (unpaired) electrons. The van der Waals surface area contributed by atoms with Crippen molar-refractivity contribution >= 4 is 33.2 Å². The number of pyridine rings is 1. The van der Waals surface area contributed by atoms with Crippen molar-refractivity contribution in [3.63, 3.8) is 0 Å². The van der Waals surface area contributed by atoms with Crippen LogP contribution in [0.2, 0.25) is 10.0 Å². The minimum Gasteiger partial charge on any atom is -0.390 e. The van der Waals surface area contributed by atoms with E-state index in [0.29, 0.717) is 10.6 Å². The van der Waals surface area contributed by atoms with E-state index in [4.69, 9.17) is 23.2 Å². The number of nitrogens with one attached hydrogen (secondary N) is 1. The van der Waals surface area contributed by atoms with Crippen molar-refractivity contribution in [2.75, 3.05) is 6.54 Å². The van der Waals surface area contributed by atoms with Gasteiger partial charge in [0.15, 0.2) is 0 Å². The van der Waals surface area contributed by atoms with Crippen molar-refractivity contribution in [2.24, 2.45) is 0 Å². The van der Waals surface area contributed by atoms with E-state index in [1.807, 2.05) is 0 Å². The van der Waals surface area contributed by atoms with Gasteiger partial charge in [-0.05, 0) is 30.7 Å². The lowest BCUT2D eigenvalue weighted by atomic mass is 10.2. The number of rotatable bonds is 6. The van der Waals surface area contributed by atoms with Gasteiger partial charge in [-0.2, -0.15) is 0 Å². The molecule has 2 rings (SSSR count). The molecular formula is C15H16Cl2N2O4S. The minimum atomic E-state index is -3.92. The van der Waals surface area contributed by atoms with E-state index in [-0.39, 0.29) is 28.6 Å². The molecule has 0 saturated heterocycles. The molecule has 0 saturated carbocycles. The van der Waals surface area contributed by atoms with E-state index in [9.17, 15) is 18.3 Å². The number of hydrogen-bond donors (Lipinski definition) is 2. The molecule has 0 aliphatic carbocycles. The number of aliphatic hydroxyl groups excluding tert-OH is 1. The van der Waals surface area contributed by atoms with Crippen LogP contribution in [0.4, 0.5) is 0 Å². The van der Waals surface area contributed by atoms with Crippen LogP contribution >= 0.6 is 23.2 Å². The van der Waals surface area contributed by atoms with Gasteiger partial charge in [0, 0.05) is 23.8 Å². The lowest BCUT2D eigenvalue weighted by Crippen LogP contribution is -2.36. The van der Waals surface area contributed by atoms with Crippen LogP contribution in [0.25, 0.3) is 0 Å². The average Bonchev–Trinajstić information content (AvgIpc) is 2.51. The Labute approximate surface area is 149 Å². The third-order valence-electron chi connectivity index (χ3n) is 3.32. The first kappa shape index (κ1) is 19.0. The fraction of sp³-hybridized carbons (Fsp3) is 0.267. The third-order valence-corrected chi connectivity index (χ3v) is 5.61. The molecular weight excluding hydrogens is 375 g/mol. The molecule has 9 heteroatoms. The first-order chi connectivity index (χ1) is 11.2. The molecule has 0 fully saturated rings. The highest BCUT2D eigenvalue weighted by Crippen LogP contribution is 2.27. The molecule has 1 atom stereocenters. The van der Waals surface area contributed by atoms with E-state index in [1.165, 1.54) is 29.0 Å². The van der Waals surface area contributed by atoms with Crippen LogP contribution in [0.15, 0.2) is 46.2 Å². The monoisotopic (exact) mass is 390 g/mol. The largest absolute Gasteiger partial charge is 0.390 e. The molecule has 1 heterocycles. The van der Waals surface area contributed by atoms with E-state index in [0.717, 1.165) is 0 Å². The standard InChI is InChI=1S/C15H16Cl2N2O4S/c1-10-6-14(13(17)7-12(10)16)24(22,23)18-8-11(20)9-19-5-3-2-4-15(19)21/h2-7,11,18,20H,8-9H2,1H3. The number of sulfonamides is 1. The van der Waals surface area contributed by atoms with E-state index in [1.54, 1.807) is 19.1 Å². The van der Waals surface area contributed by atoms with Crippen molar-refractivity contribution in [3.8, 4) is 0 Å². The van der Waals surface area contributed by atoms with Gasteiger partial charge >= 0.3 is 0 Å². The van der Waals surface area contributed by atoms with Crippen molar-refractivity contribution in [1.29, 1.82) is 0 Å². The summed E-state index contributed by atoms with van der Waals surface area (Å²) in [6.07, 6.45) is 0.437. The fourth-order valence-corrected chi connectivity index (χ4v) is 3.93. The SMILES string of the molecule is Cc1cc(S(=O)(=O)NCC(O)Cn2ccccc2=O)c(Cl)cc1Cl. The molecule has 1 unspecified atom stereocenters. The normalized spacial score (nSPS) is 13.0.